The number of hydrogen-bond acceptors (Lipinski definition) is 23. The van der Waals surface area contributed by atoms with Crippen LogP contribution in [0.15, 0.2) is 108 Å². The smallest absolute Gasteiger partial charge is 0.160 e. The number of nitrogens with two attached hydrogens (primary N) is 8. The summed E-state index contributed by atoms with van der Waals surface area (Å²) in [6.45, 7) is 26.5. The van der Waals surface area contributed by atoms with E-state index in [9.17, 15) is 0 Å². The molecule has 0 bridgehead atoms. The Morgan fingerprint density at radius 1 is 0.529 bits per heavy atom. The summed E-state index contributed by atoms with van der Waals surface area (Å²) in [5.74, 6) is 1.51. The van der Waals surface area contributed by atoms with E-state index in [-0.39, 0.29) is 19.0 Å². The van der Waals surface area contributed by atoms with Gasteiger partial charge < -0.3 is 119 Å². The largest absolute Gasteiger partial charge is 0.693 e. The van der Waals surface area contributed by atoms with Crippen molar-refractivity contribution in [2.75, 3.05) is 214 Å². The van der Waals surface area contributed by atoms with E-state index in [1.807, 2.05) is 80.8 Å². The Bertz CT molecular complexity index is 2060. The number of methoxy groups -OCH3 is 3. The number of aliphatic hydroxyl groups excluding tert-OH is 2. The predicted molar refractivity (Wildman–Crippen MR) is 434 cm³/mol. The predicted octanol–water partition coefficient (Wildman–Crippen LogP) is 8.09. The molecule has 5 rings (SSSR count). The van der Waals surface area contributed by atoms with Crippen LogP contribution < -0.4 is 65.4 Å². The lowest BCUT2D eigenvalue weighted by molar-refractivity contribution is -0.223. The molecule has 1 aliphatic rings. The van der Waals surface area contributed by atoms with E-state index in [4.69, 9.17) is 97.5 Å². The summed E-state index contributed by atoms with van der Waals surface area (Å²) in [4.78, 5) is 2.13. The number of halogens is 1. The SMILES string of the molecule is CCCC1OCCO1.CCCCCCCCNC.CCNCCCCO.CCc1ccc(I)cc1.CN(C)CCCN.CNCc1ccccc1.COCCOCCN.COc1ccc(CCN)cc1OC.NCCOCCO.NCCOCCOCCOCCN=[NH2+].NCc1ccccc1.[NH2-]. The second-order valence-electron chi connectivity index (χ2n) is 22.0. The number of benzene rings is 4. The molecule has 0 aliphatic carbocycles. The minimum atomic E-state index is 0. The maximum atomic E-state index is 8.34. The number of aryl methyl sites for hydroxylation is 1. The van der Waals surface area contributed by atoms with Crippen LogP contribution in [0.5, 0.6) is 11.5 Å². The summed E-state index contributed by atoms with van der Waals surface area (Å²) in [5, 5.41) is 29.3. The zero-order valence-electron chi connectivity index (χ0n) is 65.5. The highest BCUT2D eigenvalue weighted by atomic mass is 127. The van der Waals surface area contributed by atoms with Gasteiger partial charge in [-0.1, -0.05) is 145 Å². The fraction of sp³-hybridized carbons (Fsp3) is 0.684. The standard InChI is InChI=1S/C10H15NO2.C9H21N.C8H9I.C8H19N3O3.C8H11N.C7H9N.C6H15NO.C6H12O2.C5H14N2.C5H13NO2.C4H11NO2.H2N/c1-12-9-4-3-8(5-6-11)7-10(9)13-2;1-3-4-5-6-7-8-9-10-2;1-2-7-3-5-8(9)6-4-7;9-1-3-12-5-7-14-8-6-13-4-2-11-10;1-9-7-8-5-3-2-4-6-8;8-6-7-4-2-1-3-5-7;1-2-7-5-3-4-6-8;1-2-3-6-7-4-5-8-6;1-7(2)5-3-4-6;1-7-4-5-8-3-2-6;5-1-3-7-4-2-6;/h3-4,7H,5-6,11H2,1-2H3;10H,3-9H2,1-2H3;3-6H,2H2,1H3;10H,1-9H2;2-6,9H,7H2,1H3;1-5H,6,8H2;7-8H,2-6H2,1H3;6H,2-5H2,1H3;3-6H2,1-2H3;2-6H2,1H3;6H,1-5H2;1H2/q;;;;;;;;;;;-1/p+1. The van der Waals surface area contributed by atoms with E-state index in [1.165, 1.54) is 70.9 Å². The van der Waals surface area contributed by atoms with E-state index in [0.29, 0.717) is 119 Å². The van der Waals surface area contributed by atoms with Crippen LogP contribution >= 0.6 is 22.6 Å². The molecule has 26 heteroatoms. The fourth-order valence-corrected chi connectivity index (χ4v) is 7.85. The molecular weight excluding hydrogens is 1410 g/mol. The molecule has 0 aromatic heterocycles. The number of unbranched alkanes of at least 4 members (excludes halogenated alkanes) is 6. The maximum Gasteiger partial charge on any atom is 0.160 e. The molecule has 0 amide bonds. The number of ether oxygens (including phenoxy) is 10. The molecule has 21 N–H and O–H groups in total. The van der Waals surface area contributed by atoms with Crippen LogP contribution in [0, 0.1) is 3.57 Å². The minimum absolute atomic E-state index is 0. The number of hydrogen-bond donors (Lipinski definition) is 12. The molecule has 1 fully saturated rings. The quantitative estimate of drug-likeness (QED) is 0.0113. The lowest BCUT2D eigenvalue weighted by Crippen LogP contribution is -2.25. The van der Waals surface area contributed by atoms with E-state index < -0.39 is 0 Å². The van der Waals surface area contributed by atoms with E-state index >= 15 is 0 Å². The molecule has 0 radical (unpaired) electrons. The summed E-state index contributed by atoms with van der Waals surface area (Å²) in [5.41, 5.74) is 41.5. The van der Waals surface area contributed by atoms with Crippen LogP contribution in [0.4, 0.5) is 0 Å². The van der Waals surface area contributed by atoms with Crippen LogP contribution in [0.1, 0.15) is 121 Å². The molecule has 0 atom stereocenters. The highest BCUT2D eigenvalue weighted by molar-refractivity contribution is 14.1. The topological polar surface area (TPSA) is 400 Å². The van der Waals surface area contributed by atoms with Gasteiger partial charge in [-0.2, -0.15) is 5.53 Å². The molecule has 0 saturated carbocycles. The summed E-state index contributed by atoms with van der Waals surface area (Å²) < 4.78 is 51.8. The number of nitrogens with one attached hydrogen (secondary N) is 3. The van der Waals surface area contributed by atoms with Gasteiger partial charge >= 0.3 is 0 Å². The van der Waals surface area contributed by atoms with Gasteiger partial charge in [0, 0.05) is 50.0 Å². The average molecular weight is 1570 g/mol. The Morgan fingerprint density at radius 2 is 1.04 bits per heavy atom. The van der Waals surface area contributed by atoms with Gasteiger partial charge in [0.1, 0.15) is 6.54 Å². The normalized spacial score (nSPS) is 10.7. The first-order chi connectivity index (χ1) is 49.3. The maximum absolute atomic E-state index is 8.34. The molecular formula is C76H152IN13O12. The Hall–Kier alpha value is -4.03. The Labute approximate surface area is 633 Å². The van der Waals surface area contributed by atoms with Crippen LogP contribution in [0.25, 0.3) is 6.15 Å². The van der Waals surface area contributed by atoms with Crippen LogP contribution in [0.2, 0.25) is 0 Å². The number of nitrogens with zero attached hydrogens (tertiary/aromatic N) is 2. The van der Waals surface area contributed by atoms with Gasteiger partial charge in [0.15, 0.2) is 17.8 Å². The molecule has 1 aliphatic heterocycles. The second kappa shape index (κ2) is 101. The van der Waals surface area contributed by atoms with Gasteiger partial charge in [-0.3, -0.25) is 0 Å². The van der Waals surface area contributed by atoms with Crippen molar-refractivity contribution in [1.82, 2.24) is 20.9 Å². The van der Waals surface area contributed by atoms with Gasteiger partial charge in [0.25, 0.3) is 0 Å². The van der Waals surface area contributed by atoms with Gasteiger partial charge in [-0.25, -0.2) is 0 Å². The zero-order chi connectivity index (χ0) is 76.4. The van der Waals surface area contributed by atoms with Crippen molar-refractivity contribution in [3.8, 4) is 11.5 Å². The van der Waals surface area contributed by atoms with Crippen molar-refractivity contribution >= 4 is 22.6 Å². The summed E-state index contributed by atoms with van der Waals surface area (Å²) >= 11 is 2.31. The van der Waals surface area contributed by atoms with E-state index in [1.54, 1.807) is 21.3 Å². The van der Waals surface area contributed by atoms with Crippen molar-refractivity contribution < 1.29 is 63.1 Å². The van der Waals surface area contributed by atoms with Crippen LogP contribution in [-0.2, 0) is 63.8 Å². The summed E-state index contributed by atoms with van der Waals surface area (Å²) in [6.07, 6.45) is 15.8. The van der Waals surface area contributed by atoms with Crippen LogP contribution in [0.3, 0.4) is 0 Å². The van der Waals surface area contributed by atoms with Gasteiger partial charge in [0.2, 0.25) is 0 Å². The van der Waals surface area contributed by atoms with Crippen molar-refractivity contribution in [2.45, 2.75) is 131 Å². The molecule has 4 aromatic carbocycles. The van der Waals surface area contributed by atoms with Crippen LogP contribution in [-0.4, -0.2) is 235 Å². The Kier molecular flexibility index (Phi) is 110. The fourth-order valence-electron chi connectivity index (χ4n) is 7.49. The van der Waals surface area contributed by atoms with E-state index in [2.05, 4.69) is 127 Å². The molecule has 600 valence electrons. The van der Waals surface area contributed by atoms with Gasteiger partial charge in [-0.15, -0.1) is 0 Å². The third-order valence-electron chi connectivity index (χ3n) is 12.9. The van der Waals surface area contributed by atoms with Gasteiger partial charge in [0.05, 0.1) is 107 Å². The number of rotatable bonds is 45. The Balaban J connectivity index is -0.000000196. The average Bonchev–Trinajstić information content (AvgIpc) is 1.02. The van der Waals surface area contributed by atoms with Crippen molar-refractivity contribution in [3.05, 3.63) is 135 Å². The lowest BCUT2D eigenvalue weighted by atomic mass is 10.1. The number of aliphatic hydroxyl groups is 2. The molecule has 4 aromatic rings. The first-order valence-electron chi connectivity index (χ1n) is 36.4. The Morgan fingerprint density at radius 3 is 1.46 bits per heavy atom. The van der Waals surface area contributed by atoms with Gasteiger partial charge in [-0.05, 0) is 187 Å². The summed E-state index contributed by atoms with van der Waals surface area (Å²) in [7, 11) is 13.0. The van der Waals surface area contributed by atoms with Crippen molar-refractivity contribution in [1.29, 1.82) is 0 Å². The zero-order valence-corrected chi connectivity index (χ0v) is 67.7. The third kappa shape index (κ3) is 96.0. The highest BCUT2D eigenvalue weighted by Crippen LogP contribution is 2.27. The second-order valence-corrected chi connectivity index (χ2v) is 23.3. The molecule has 0 unspecified atom stereocenters. The highest BCUT2D eigenvalue weighted by Gasteiger charge is 2.13. The minimum Gasteiger partial charge on any atom is -0.693 e. The molecule has 1 heterocycles. The lowest BCUT2D eigenvalue weighted by Gasteiger charge is -2.08. The monoisotopic (exact) mass is 1570 g/mol. The third-order valence-corrected chi connectivity index (χ3v) is 13.6. The van der Waals surface area contributed by atoms with Crippen molar-refractivity contribution in [3.63, 3.8) is 0 Å². The molecule has 25 nitrogen and oxygen atoms in total. The molecule has 0 spiro atoms. The summed E-state index contributed by atoms with van der Waals surface area (Å²) in [6, 6.07) is 34.8. The molecule has 1 saturated heterocycles. The first-order valence-corrected chi connectivity index (χ1v) is 37.4. The van der Waals surface area contributed by atoms with E-state index in [0.717, 1.165) is 102 Å². The molecule has 102 heavy (non-hydrogen) atoms. The first kappa shape index (κ1) is 111. The van der Waals surface area contributed by atoms with Crippen molar-refractivity contribution in [2.24, 2.45) is 39.5 Å².